The van der Waals surface area contributed by atoms with E-state index in [9.17, 15) is 5.21 Å². The van der Waals surface area contributed by atoms with Crippen LogP contribution < -0.4 is 0 Å². The number of hydrogen-bond acceptors (Lipinski definition) is 4. The van der Waals surface area contributed by atoms with Gasteiger partial charge in [0, 0.05) is 0 Å². The van der Waals surface area contributed by atoms with Crippen molar-refractivity contribution in [2.75, 3.05) is 13.4 Å². The molecule has 4 nitrogen and oxygen atoms in total. The number of hydrogen-bond donors (Lipinski definition) is 1. The molecule has 1 heterocycles. The SMILES string of the molecule is C#C[C@H]([C@H]1COCO1)N(O)Cc1ccccc1. The van der Waals surface area contributed by atoms with Crippen LogP contribution in [0.1, 0.15) is 5.56 Å². The average molecular weight is 233 g/mol. The molecule has 0 bridgehead atoms. The Kier molecular flexibility index (Phi) is 4.13. The van der Waals surface area contributed by atoms with Gasteiger partial charge in [0.2, 0.25) is 0 Å². The van der Waals surface area contributed by atoms with Gasteiger partial charge in [0.1, 0.15) is 18.9 Å². The molecule has 90 valence electrons. The van der Waals surface area contributed by atoms with E-state index in [1.54, 1.807) is 0 Å². The fraction of sp³-hybridized carbons (Fsp3) is 0.385. The van der Waals surface area contributed by atoms with Crippen molar-refractivity contribution in [2.45, 2.75) is 18.7 Å². The maximum atomic E-state index is 9.98. The second-order valence-corrected chi connectivity index (χ2v) is 3.89. The van der Waals surface area contributed by atoms with Crippen molar-refractivity contribution in [2.24, 2.45) is 0 Å². The minimum Gasteiger partial charge on any atom is -0.353 e. The van der Waals surface area contributed by atoms with Crippen LogP contribution in [-0.2, 0) is 16.0 Å². The Morgan fingerprint density at radius 3 is 2.82 bits per heavy atom. The third kappa shape index (κ3) is 3.05. The molecule has 0 aliphatic carbocycles. The number of rotatable bonds is 4. The first-order valence-electron chi connectivity index (χ1n) is 5.46. The van der Waals surface area contributed by atoms with Crippen LogP contribution in [0.25, 0.3) is 0 Å². The zero-order chi connectivity index (χ0) is 12.1. The van der Waals surface area contributed by atoms with Gasteiger partial charge in [-0.1, -0.05) is 36.3 Å². The summed E-state index contributed by atoms with van der Waals surface area (Å²) in [6.45, 7) is 1.03. The predicted molar refractivity (Wildman–Crippen MR) is 62.1 cm³/mol. The molecule has 0 aromatic heterocycles. The molecule has 0 spiro atoms. The van der Waals surface area contributed by atoms with E-state index in [0.717, 1.165) is 10.6 Å². The van der Waals surface area contributed by atoms with Crippen LogP contribution in [0.5, 0.6) is 0 Å². The Morgan fingerprint density at radius 2 is 2.24 bits per heavy atom. The van der Waals surface area contributed by atoms with Crippen molar-refractivity contribution >= 4 is 0 Å². The Morgan fingerprint density at radius 1 is 1.47 bits per heavy atom. The van der Waals surface area contributed by atoms with Crippen LogP contribution in [0.2, 0.25) is 0 Å². The highest BCUT2D eigenvalue weighted by molar-refractivity contribution is 5.15. The van der Waals surface area contributed by atoms with E-state index in [2.05, 4.69) is 5.92 Å². The first-order valence-corrected chi connectivity index (χ1v) is 5.46. The molecule has 2 atom stereocenters. The Balaban J connectivity index is 1.98. The summed E-state index contributed by atoms with van der Waals surface area (Å²) in [5.41, 5.74) is 0.995. The van der Waals surface area contributed by atoms with Gasteiger partial charge in [-0.2, -0.15) is 5.06 Å². The van der Waals surface area contributed by atoms with Gasteiger partial charge >= 0.3 is 0 Å². The molecule has 0 saturated carbocycles. The predicted octanol–water partition coefficient (Wildman–Crippen LogP) is 1.25. The third-order valence-electron chi connectivity index (χ3n) is 2.68. The molecule has 0 unspecified atom stereocenters. The minimum absolute atomic E-state index is 0.238. The second kappa shape index (κ2) is 5.80. The quantitative estimate of drug-likeness (QED) is 0.628. The van der Waals surface area contributed by atoms with E-state index in [1.165, 1.54) is 0 Å². The standard InChI is InChI=1S/C13H15NO3/c1-2-12(13-9-16-10-17-13)14(15)8-11-6-4-3-5-7-11/h1,3-7,12-13,15H,8-10H2/t12-,13-/m1/s1. The van der Waals surface area contributed by atoms with Crippen LogP contribution in [0, 0.1) is 12.3 Å². The van der Waals surface area contributed by atoms with E-state index in [1.807, 2.05) is 30.3 Å². The van der Waals surface area contributed by atoms with Gasteiger partial charge in [-0.3, -0.25) is 0 Å². The van der Waals surface area contributed by atoms with Gasteiger partial charge in [0.25, 0.3) is 0 Å². The van der Waals surface area contributed by atoms with Gasteiger partial charge < -0.3 is 14.7 Å². The Hall–Kier alpha value is -1.38. The zero-order valence-corrected chi connectivity index (χ0v) is 9.45. The van der Waals surface area contributed by atoms with E-state index in [4.69, 9.17) is 15.9 Å². The van der Waals surface area contributed by atoms with Gasteiger partial charge in [-0.05, 0) is 5.56 Å². The van der Waals surface area contributed by atoms with Crippen LogP contribution in [0.4, 0.5) is 0 Å². The fourth-order valence-corrected chi connectivity index (χ4v) is 1.78. The summed E-state index contributed by atoms with van der Waals surface area (Å²) < 4.78 is 10.4. The molecule has 4 heteroatoms. The van der Waals surface area contributed by atoms with Gasteiger partial charge in [0.05, 0.1) is 13.2 Å². The first-order chi connectivity index (χ1) is 8.31. The second-order valence-electron chi connectivity index (χ2n) is 3.89. The average Bonchev–Trinajstić information content (AvgIpc) is 2.85. The smallest absolute Gasteiger partial charge is 0.147 e. The molecule has 0 amide bonds. The highest BCUT2D eigenvalue weighted by Crippen LogP contribution is 2.14. The molecule has 1 aromatic rings. The lowest BCUT2D eigenvalue weighted by atomic mass is 10.1. The van der Waals surface area contributed by atoms with E-state index in [-0.39, 0.29) is 12.9 Å². The molecule has 1 aromatic carbocycles. The van der Waals surface area contributed by atoms with Crippen LogP contribution in [-0.4, -0.2) is 35.8 Å². The summed E-state index contributed by atoms with van der Waals surface area (Å²) in [5.74, 6) is 2.53. The topological polar surface area (TPSA) is 41.9 Å². The summed E-state index contributed by atoms with van der Waals surface area (Å²) in [6.07, 6.45) is 5.15. The molecule has 1 fully saturated rings. The van der Waals surface area contributed by atoms with Crippen LogP contribution in [0.3, 0.4) is 0 Å². The normalized spacial score (nSPS) is 21.4. The van der Waals surface area contributed by atoms with E-state index >= 15 is 0 Å². The highest BCUT2D eigenvalue weighted by atomic mass is 16.7. The molecular weight excluding hydrogens is 218 g/mol. The number of ether oxygens (including phenoxy) is 2. The summed E-state index contributed by atoms with van der Waals surface area (Å²) in [6, 6.07) is 9.15. The number of terminal acetylenes is 1. The Labute approximate surface area is 101 Å². The molecule has 1 N–H and O–H groups in total. The number of nitrogens with zero attached hydrogens (tertiary/aromatic N) is 1. The van der Waals surface area contributed by atoms with E-state index in [0.29, 0.717) is 13.2 Å². The van der Waals surface area contributed by atoms with Crippen molar-refractivity contribution in [3.63, 3.8) is 0 Å². The van der Waals surface area contributed by atoms with Crippen molar-refractivity contribution < 1.29 is 14.7 Å². The maximum Gasteiger partial charge on any atom is 0.147 e. The molecular formula is C13H15NO3. The fourth-order valence-electron chi connectivity index (χ4n) is 1.78. The summed E-state index contributed by atoms with van der Waals surface area (Å²) in [5, 5.41) is 11.1. The van der Waals surface area contributed by atoms with Crippen molar-refractivity contribution in [1.29, 1.82) is 0 Å². The van der Waals surface area contributed by atoms with Crippen molar-refractivity contribution in [3.8, 4) is 12.3 Å². The van der Waals surface area contributed by atoms with Gasteiger partial charge in [-0.15, -0.1) is 6.42 Å². The monoisotopic (exact) mass is 233 g/mol. The first kappa shape index (κ1) is 12.1. The molecule has 2 rings (SSSR count). The van der Waals surface area contributed by atoms with Gasteiger partial charge in [0.15, 0.2) is 0 Å². The molecule has 17 heavy (non-hydrogen) atoms. The lowest BCUT2D eigenvalue weighted by Gasteiger charge is -2.25. The number of hydroxylamine groups is 2. The molecule has 0 radical (unpaired) electrons. The lowest BCUT2D eigenvalue weighted by molar-refractivity contribution is -0.145. The third-order valence-corrected chi connectivity index (χ3v) is 2.68. The summed E-state index contributed by atoms with van der Waals surface area (Å²) in [4.78, 5) is 0. The molecule has 1 aliphatic rings. The Bertz CT molecular complexity index is 381. The highest BCUT2D eigenvalue weighted by Gasteiger charge is 2.29. The number of benzene rings is 1. The maximum absolute atomic E-state index is 9.98. The van der Waals surface area contributed by atoms with Gasteiger partial charge in [-0.25, -0.2) is 0 Å². The van der Waals surface area contributed by atoms with Crippen molar-refractivity contribution in [1.82, 2.24) is 5.06 Å². The molecule has 1 aliphatic heterocycles. The van der Waals surface area contributed by atoms with Crippen LogP contribution in [0.15, 0.2) is 30.3 Å². The molecule has 1 saturated heterocycles. The lowest BCUT2D eigenvalue weighted by Crippen LogP contribution is -2.41. The zero-order valence-electron chi connectivity index (χ0n) is 9.45. The summed E-state index contributed by atoms with van der Waals surface area (Å²) in [7, 11) is 0. The van der Waals surface area contributed by atoms with Crippen molar-refractivity contribution in [3.05, 3.63) is 35.9 Å². The summed E-state index contributed by atoms with van der Waals surface area (Å²) >= 11 is 0. The van der Waals surface area contributed by atoms with E-state index < -0.39 is 6.04 Å². The van der Waals surface area contributed by atoms with Crippen LogP contribution >= 0.6 is 0 Å². The largest absolute Gasteiger partial charge is 0.353 e. The minimum atomic E-state index is -0.488.